The zero-order valence-corrected chi connectivity index (χ0v) is 11.8. The molecule has 2 fully saturated rings. The third-order valence-electron chi connectivity index (χ3n) is 4.43. The molecule has 2 unspecified atom stereocenters. The molecule has 1 aromatic rings. The van der Waals surface area contributed by atoms with Crippen molar-refractivity contribution in [3.63, 3.8) is 0 Å². The van der Waals surface area contributed by atoms with E-state index in [1.54, 1.807) is 17.0 Å². The summed E-state index contributed by atoms with van der Waals surface area (Å²) in [5, 5.41) is 3.00. The summed E-state index contributed by atoms with van der Waals surface area (Å²) in [7, 11) is 0. The van der Waals surface area contributed by atoms with Crippen molar-refractivity contribution in [2.45, 2.75) is 37.4 Å². The molecule has 5 nitrogen and oxygen atoms in total. The van der Waals surface area contributed by atoms with Crippen LogP contribution in [0.15, 0.2) is 24.3 Å². The predicted octanol–water partition coefficient (Wildman–Crippen LogP) is 0.489. The van der Waals surface area contributed by atoms with Crippen LogP contribution in [0.2, 0.25) is 0 Å². The van der Waals surface area contributed by atoms with E-state index in [0.29, 0.717) is 18.4 Å². The SMILES string of the molecule is CC1NC(C(N)=O)CN1C(=O)C1(c2cccc(F)c2)CC1. The van der Waals surface area contributed by atoms with Crippen LogP contribution in [0.25, 0.3) is 0 Å². The smallest absolute Gasteiger partial charge is 0.236 e. The van der Waals surface area contributed by atoms with Crippen molar-refractivity contribution in [2.75, 3.05) is 6.54 Å². The molecule has 2 atom stereocenters. The summed E-state index contributed by atoms with van der Waals surface area (Å²) in [6, 6.07) is 5.67. The zero-order chi connectivity index (χ0) is 15.2. The summed E-state index contributed by atoms with van der Waals surface area (Å²) in [5.41, 5.74) is 5.37. The molecule has 1 saturated heterocycles. The Labute approximate surface area is 122 Å². The molecule has 1 aliphatic heterocycles. The van der Waals surface area contributed by atoms with Gasteiger partial charge in [0.1, 0.15) is 11.9 Å². The Morgan fingerprint density at radius 2 is 2.14 bits per heavy atom. The highest BCUT2D eigenvalue weighted by Crippen LogP contribution is 2.50. The molecule has 1 aliphatic carbocycles. The number of amides is 2. The molecule has 2 amide bonds. The van der Waals surface area contributed by atoms with E-state index in [2.05, 4.69) is 5.32 Å². The lowest BCUT2D eigenvalue weighted by Crippen LogP contribution is -2.43. The van der Waals surface area contributed by atoms with E-state index in [0.717, 1.165) is 0 Å². The van der Waals surface area contributed by atoms with Gasteiger partial charge in [-0.2, -0.15) is 0 Å². The standard InChI is InChI=1S/C15H18FN3O2/c1-9-18-12(13(17)20)8-19(9)14(21)15(5-6-15)10-3-2-4-11(16)7-10/h2-4,7,9,12,18H,5-6,8H2,1H3,(H2,17,20). The van der Waals surface area contributed by atoms with Gasteiger partial charge < -0.3 is 10.6 Å². The van der Waals surface area contributed by atoms with Crippen LogP contribution in [-0.4, -0.2) is 35.5 Å². The van der Waals surface area contributed by atoms with E-state index in [-0.39, 0.29) is 24.4 Å². The molecular weight excluding hydrogens is 273 g/mol. The number of hydrogen-bond acceptors (Lipinski definition) is 3. The minimum absolute atomic E-state index is 0.0585. The molecule has 3 rings (SSSR count). The maximum atomic E-state index is 13.4. The largest absolute Gasteiger partial charge is 0.368 e. The van der Waals surface area contributed by atoms with E-state index in [1.807, 2.05) is 6.92 Å². The normalized spacial score (nSPS) is 26.7. The van der Waals surface area contributed by atoms with Crippen molar-refractivity contribution in [1.29, 1.82) is 0 Å². The molecule has 112 valence electrons. The lowest BCUT2D eigenvalue weighted by Gasteiger charge is -2.26. The Balaban J connectivity index is 1.84. The lowest BCUT2D eigenvalue weighted by atomic mass is 9.94. The van der Waals surface area contributed by atoms with Crippen molar-refractivity contribution in [3.8, 4) is 0 Å². The zero-order valence-electron chi connectivity index (χ0n) is 11.8. The van der Waals surface area contributed by atoms with Gasteiger partial charge in [0, 0.05) is 6.54 Å². The van der Waals surface area contributed by atoms with Gasteiger partial charge in [0.15, 0.2) is 0 Å². The molecule has 1 aromatic carbocycles. The van der Waals surface area contributed by atoms with Crippen LogP contribution in [0.4, 0.5) is 4.39 Å². The van der Waals surface area contributed by atoms with Gasteiger partial charge in [0.2, 0.25) is 11.8 Å². The molecule has 21 heavy (non-hydrogen) atoms. The quantitative estimate of drug-likeness (QED) is 0.851. The number of carbonyl (C=O) groups excluding carboxylic acids is 2. The molecule has 0 radical (unpaired) electrons. The molecule has 2 aliphatic rings. The van der Waals surface area contributed by atoms with Gasteiger partial charge in [-0.25, -0.2) is 4.39 Å². The minimum Gasteiger partial charge on any atom is -0.368 e. The average Bonchev–Trinajstić information content (AvgIpc) is 3.16. The fraction of sp³-hybridized carbons (Fsp3) is 0.467. The van der Waals surface area contributed by atoms with Gasteiger partial charge in [-0.3, -0.25) is 14.9 Å². The fourth-order valence-corrected chi connectivity index (χ4v) is 3.03. The summed E-state index contributed by atoms with van der Waals surface area (Å²) in [6.07, 6.45) is 1.17. The predicted molar refractivity (Wildman–Crippen MR) is 74.6 cm³/mol. The molecule has 1 saturated carbocycles. The maximum Gasteiger partial charge on any atom is 0.236 e. The van der Waals surface area contributed by atoms with Gasteiger partial charge in [-0.1, -0.05) is 12.1 Å². The molecular formula is C15H18FN3O2. The minimum atomic E-state index is -0.634. The third kappa shape index (κ3) is 2.29. The van der Waals surface area contributed by atoms with E-state index in [9.17, 15) is 14.0 Å². The van der Waals surface area contributed by atoms with Crippen molar-refractivity contribution in [3.05, 3.63) is 35.6 Å². The number of nitrogens with one attached hydrogen (secondary N) is 1. The van der Waals surface area contributed by atoms with E-state index in [1.165, 1.54) is 12.1 Å². The topological polar surface area (TPSA) is 75.4 Å². The summed E-state index contributed by atoms with van der Waals surface area (Å²) in [6.45, 7) is 2.09. The molecule has 0 aromatic heterocycles. The first-order valence-electron chi connectivity index (χ1n) is 7.06. The first kappa shape index (κ1) is 14.0. The summed E-state index contributed by atoms with van der Waals surface area (Å²) in [4.78, 5) is 25.7. The second-order valence-corrected chi connectivity index (χ2v) is 5.85. The van der Waals surface area contributed by atoms with Crippen molar-refractivity contribution in [2.24, 2.45) is 5.73 Å². The Morgan fingerprint density at radius 1 is 1.43 bits per heavy atom. The monoisotopic (exact) mass is 291 g/mol. The molecule has 6 heteroatoms. The van der Waals surface area contributed by atoms with E-state index < -0.39 is 17.4 Å². The van der Waals surface area contributed by atoms with Gasteiger partial charge >= 0.3 is 0 Å². The van der Waals surface area contributed by atoms with Crippen molar-refractivity contribution in [1.82, 2.24) is 10.2 Å². The summed E-state index contributed by atoms with van der Waals surface area (Å²) in [5.74, 6) is -0.862. The number of nitrogens with two attached hydrogens (primary N) is 1. The average molecular weight is 291 g/mol. The number of halogens is 1. The van der Waals surface area contributed by atoms with Crippen LogP contribution < -0.4 is 11.1 Å². The lowest BCUT2D eigenvalue weighted by molar-refractivity contribution is -0.134. The Bertz CT molecular complexity index is 600. The van der Waals surface area contributed by atoms with Gasteiger partial charge in [0.25, 0.3) is 0 Å². The van der Waals surface area contributed by atoms with Crippen molar-refractivity contribution < 1.29 is 14.0 Å². The second kappa shape index (κ2) is 4.80. The number of carbonyl (C=O) groups is 2. The summed E-state index contributed by atoms with van der Waals surface area (Å²) >= 11 is 0. The Morgan fingerprint density at radius 3 is 2.67 bits per heavy atom. The van der Waals surface area contributed by atoms with Gasteiger partial charge in [-0.05, 0) is 37.5 Å². The van der Waals surface area contributed by atoms with Crippen molar-refractivity contribution >= 4 is 11.8 Å². The fourth-order valence-electron chi connectivity index (χ4n) is 3.03. The molecule has 0 spiro atoms. The maximum absolute atomic E-state index is 13.4. The molecule has 3 N–H and O–H groups in total. The highest BCUT2D eigenvalue weighted by Gasteiger charge is 2.55. The Kier molecular flexibility index (Phi) is 3.20. The van der Waals surface area contributed by atoms with E-state index >= 15 is 0 Å². The Hall–Kier alpha value is -1.95. The van der Waals surface area contributed by atoms with Gasteiger partial charge in [-0.15, -0.1) is 0 Å². The third-order valence-corrected chi connectivity index (χ3v) is 4.43. The number of benzene rings is 1. The second-order valence-electron chi connectivity index (χ2n) is 5.85. The first-order valence-corrected chi connectivity index (χ1v) is 7.06. The highest BCUT2D eigenvalue weighted by molar-refractivity contribution is 5.92. The number of primary amides is 1. The first-order chi connectivity index (χ1) is 9.94. The molecule has 0 bridgehead atoms. The van der Waals surface area contributed by atoms with Crippen LogP contribution in [-0.2, 0) is 15.0 Å². The van der Waals surface area contributed by atoms with Crippen LogP contribution in [0.3, 0.4) is 0 Å². The highest BCUT2D eigenvalue weighted by atomic mass is 19.1. The molecule has 1 heterocycles. The van der Waals surface area contributed by atoms with E-state index in [4.69, 9.17) is 5.73 Å². The van der Waals surface area contributed by atoms with Crippen LogP contribution in [0.1, 0.15) is 25.3 Å². The summed E-state index contributed by atoms with van der Waals surface area (Å²) < 4.78 is 13.4. The number of rotatable bonds is 3. The van der Waals surface area contributed by atoms with Crippen LogP contribution >= 0.6 is 0 Å². The van der Waals surface area contributed by atoms with Gasteiger partial charge in [0.05, 0.1) is 11.6 Å². The van der Waals surface area contributed by atoms with Crippen LogP contribution in [0.5, 0.6) is 0 Å². The number of hydrogen-bond donors (Lipinski definition) is 2. The van der Waals surface area contributed by atoms with Crippen LogP contribution in [0, 0.1) is 5.82 Å². The number of nitrogens with zero attached hydrogens (tertiary/aromatic N) is 1.